The average molecular weight is 411 g/mol. The average Bonchev–Trinajstić information content (AvgIpc) is 2.61. The van der Waals surface area contributed by atoms with Crippen molar-refractivity contribution in [2.24, 2.45) is 5.92 Å². The van der Waals surface area contributed by atoms with E-state index in [4.69, 9.17) is 4.74 Å². The van der Waals surface area contributed by atoms with Gasteiger partial charge in [0.1, 0.15) is 0 Å². The zero-order chi connectivity index (χ0) is 17.0. The van der Waals surface area contributed by atoms with E-state index in [9.17, 15) is 8.42 Å². The van der Waals surface area contributed by atoms with Gasteiger partial charge in [-0.25, -0.2) is 13.1 Å². The summed E-state index contributed by atoms with van der Waals surface area (Å²) in [6.45, 7) is 1.30. The van der Waals surface area contributed by atoms with Gasteiger partial charge in [0.15, 0.2) is 0 Å². The molecule has 1 aromatic heterocycles. The number of hydrogen-bond donors (Lipinski definition) is 1. The van der Waals surface area contributed by atoms with Crippen LogP contribution in [0.1, 0.15) is 24.4 Å². The molecule has 1 aromatic carbocycles. The van der Waals surface area contributed by atoms with Crippen molar-refractivity contribution < 1.29 is 13.2 Å². The Morgan fingerprint density at radius 2 is 1.92 bits per heavy atom. The summed E-state index contributed by atoms with van der Waals surface area (Å²) in [5, 5.41) is 0. The van der Waals surface area contributed by atoms with Crippen LogP contribution < -0.4 is 4.72 Å². The summed E-state index contributed by atoms with van der Waals surface area (Å²) in [4.78, 5) is 4.39. The standard InChI is InChI=1S/C17H19BrN2O3S/c18-15-5-1-2-6-16(15)24(21,22)20-17(13-7-10-23-11-8-13)14-4-3-9-19-12-14/h1-6,9,12-13,17,20H,7-8,10-11H2/t17-/m0/s1. The summed E-state index contributed by atoms with van der Waals surface area (Å²) in [6, 6.07) is 10.2. The molecule has 1 aliphatic rings. The first-order valence-electron chi connectivity index (χ1n) is 7.82. The van der Waals surface area contributed by atoms with Crippen molar-refractivity contribution in [3.63, 3.8) is 0 Å². The lowest BCUT2D eigenvalue weighted by Crippen LogP contribution is -2.36. The van der Waals surface area contributed by atoms with Crippen molar-refractivity contribution in [3.05, 3.63) is 58.8 Å². The second-order valence-corrected chi connectivity index (χ2v) is 8.30. The Hall–Kier alpha value is -1.28. The van der Waals surface area contributed by atoms with E-state index < -0.39 is 10.0 Å². The topological polar surface area (TPSA) is 68.3 Å². The third kappa shape index (κ3) is 4.03. The van der Waals surface area contributed by atoms with Crippen molar-refractivity contribution in [1.29, 1.82) is 0 Å². The lowest BCUT2D eigenvalue weighted by molar-refractivity contribution is 0.0564. The predicted octanol–water partition coefficient (Wildman–Crippen LogP) is 3.29. The second-order valence-electron chi connectivity index (χ2n) is 5.77. The Labute approximate surface area is 150 Å². The minimum Gasteiger partial charge on any atom is -0.381 e. The van der Waals surface area contributed by atoms with Crippen molar-refractivity contribution in [3.8, 4) is 0 Å². The molecule has 3 rings (SSSR count). The molecular weight excluding hydrogens is 392 g/mol. The third-order valence-corrected chi connectivity index (χ3v) is 6.64. The first kappa shape index (κ1) is 17.5. The molecule has 0 aliphatic carbocycles. The maximum atomic E-state index is 12.9. The number of pyridine rings is 1. The van der Waals surface area contributed by atoms with Gasteiger partial charge in [-0.2, -0.15) is 0 Å². The SMILES string of the molecule is O=S(=O)(N[C@H](c1cccnc1)C1CCOCC1)c1ccccc1Br. The minimum atomic E-state index is -3.65. The number of sulfonamides is 1. The van der Waals surface area contributed by atoms with E-state index in [1.54, 1.807) is 36.7 Å². The summed E-state index contributed by atoms with van der Waals surface area (Å²) in [6.07, 6.45) is 5.05. The normalized spacial score (nSPS) is 17.5. The highest BCUT2D eigenvalue weighted by molar-refractivity contribution is 9.10. The van der Waals surface area contributed by atoms with E-state index in [1.165, 1.54) is 0 Å². The van der Waals surface area contributed by atoms with Crippen LogP contribution in [-0.2, 0) is 14.8 Å². The van der Waals surface area contributed by atoms with Crippen molar-refractivity contribution in [1.82, 2.24) is 9.71 Å². The molecule has 1 atom stereocenters. The van der Waals surface area contributed by atoms with E-state index >= 15 is 0 Å². The van der Waals surface area contributed by atoms with Crippen LogP contribution in [-0.4, -0.2) is 26.6 Å². The molecule has 0 saturated carbocycles. The van der Waals surface area contributed by atoms with E-state index in [-0.39, 0.29) is 16.9 Å². The third-order valence-electron chi connectivity index (χ3n) is 4.19. The van der Waals surface area contributed by atoms with Crippen molar-refractivity contribution in [2.75, 3.05) is 13.2 Å². The van der Waals surface area contributed by atoms with Crippen LogP contribution in [0, 0.1) is 5.92 Å². The second kappa shape index (κ2) is 7.74. The largest absolute Gasteiger partial charge is 0.381 e. The summed E-state index contributed by atoms with van der Waals surface area (Å²) in [5.41, 5.74) is 0.875. The van der Waals surface area contributed by atoms with Gasteiger partial charge in [-0.1, -0.05) is 18.2 Å². The molecule has 1 N–H and O–H groups in total. The highest BCUT2D eigenvalue weighted by Crippen LogP contribution is 2.32. The first-order chi connectivity index (χ1) is 11.6. The maximum Gasteiger partial charge on any atom is 0.242 e. The van der Waals surface area contributed by atoms with Crippen molar-refractivity contribution in [2.45, 2.75) is 23.8 Å². The number of nitrogens with one attached hydrogen (secondary N) is 1. The van der Waals surface area contributed by atoms with Gasteiger partial charge in [0.05, 0.1) is 10.9 Å². The summed E-state index contributed by atoms with van der Waals surface area (Å²) < 4.78 is 34.6. The molecule has 0 radical (unpaired) electrons. The molecule has 5 nitrogen and oxygen atoms in total. The number of nitrogens with zero attached hydrogens (tertiary/aromatic N) is 1. The van der Waals surface area contributed by atoms with Gasteiger partial charge in [0.25, 0.3) is 0 Å². The Kier molecular flexibility index (Phi) is 5.65. The highest BCUT2D eigenvalue weighted by Gasteiger charge is 2.30. The zero-order valence-corrected chi connectivity index (χ0v) is 15.5. The Bertz CT molecular complexity index is 777. The van der Waals surface area contributed by atoms with Crippen LogP contribution >= 0.6 is 15.9 Å². The van der Waals surface area contributed by atoms with E-state index in [1.807, 2.05) is 12.1 Å². The molecule has 0 spiro atoms. The fraction of sp³-hybridized carbons (Fsp3) is 0.353. The molecule has 24 heavy (non-hydrogen) atoms. The number of aromatic nitrogens is 1. The number of benzene rings is 1. The van der Waals surface area contributed by atoms with Crippen LogP contribution in [0.3, 0.4) is 0 Å². The molecule has 0 amide bonds. The van der Waals surface area contributed by atoms with Crippen LogP contribution in [0.2, 0.25) is 0 Å². The van der Waals surface area contributed by atoms with E-state index in [0.29, 0.717) is 17.7 Å². The molecule has 0 bridgehead atoms. The molecule has 7 heteroatoms. The van der Waals surface area contributed by atoms with E-state index in [0.717, 1.165) is 18.4 Å². The number of ether oxygens (including phenoxy) is 1. The summed E-state index contributed by atoms with van der Waals surface area (Å²) >= 11 is 3.32. The fourth-order valence-corrected chi connectivity index (χ4v) is 5.24. The molecule has 2 aromatic rings. The van der Waals surface area contributed by atoms with Crippen LogP contribution in [0.25, 0.3) is 0 Å². The molecule has 1 fully saturated rings. The molecule has 1 aliphatic heterocycles. The zero-order valence-electron chi connectivity index (χ0n) is 13.1. The van der Waals surface area contributed by atoms with Gasteiger partial charge in [-0.05, 0) is 58.5 Å². The monoisotopic (exact) mass is 410 g/mol. The van der Waals surface area contributed by atoms with Gasteiger partial charge < -0.3 is 4.74 Å². The number of hydrogen-bond acceptors (Lipinski definition) is 4. The van der Waals surface area contributed by atoms with E-state index in [2.05, 4.69) is 25.6 Å². The van der Waals surface area contributed by atoms with Gasteiger partial charge >= 0.3 is 0 Å². The quantitative estimate of drug-likeness (QED) is 0.820. The lowest BCUT2D eigenvalue weighted by Gasteiger charge is -2.31. The molecular formula is C17H19BrN2O3S. The van der Waals surface area contributed by atoms with Crippen LogP contribution in [0.15, 0.2) is 58.2 Å². The van der Waals surface area contributed by atoms with Gasteiger partial charge in [-0.3, -0.25) is 4.98 Å². The Morgan fingerprint density at radius 3 is 2.58 bits per heavy atom. The number of rotatable bonds is 5. The van der Waals surface area contributed by atoms with Crippen LogP contribution in [0.4, 0.5) is 0 Å². The maximum absolute atomic E-state index is 12.9. The lowest BCUT2D eigenvalue weighted by atomic mass is 9.88. The molecule has 0 unspecified atom stereocenters. The summed E-state index contributed by atoms with van der Waals surface area (Å²) in [7, 11) is -3.65. The van der Waals surface area contributed by atoms with Crippen LogP contribution in [0.5, 0.6) is 0 Å². The highest BCUT2D eigenvalue weighted by atomic mass is 79.9. The first-order valence-corrected chi connectivity index (χ1v) is 10.1. The summed E-state index contributed by atoms with van der Waals surface area (Å²) in [5.74, 6) is 0.181. The smallest absolute Gasteiger partial charge is 0.242 e. The molecule has 128 valence electrons. The van der Waals surface area contributed by atoms with Gasteiger partial charge in [-0.15, -0.1) is 0 Å². The van der Waals surface area contributed by atoms with Crippen molar-refractivity contribution >= 4 is 26.0 Å². The Morgan fingerprint density at radius 1 is 1.17 bits per heavy atom. The number of halogens is 1. The van der Waals surface area contributed by atoms with Gasteiger partial charge in [0.2, 0.25) is 10.0 Å². The molecule has 2 heterocycles. The fourth-order valence-electron chi connectivity index (χ4n) is 2.94. The Balaban J connectivity index is 1.93. The van der Waals surface area contributed by atoms with Gasteiger partial charge in [0, 0.05) is 30.1 Å². The molecule has 1 saturated heterocycles. The predicted molar refractivity (Wildman–Crippen MR) is 95.0 cm³/mol. The minimum absolute atomic E-state index is 0.181.